The van der Waals surface area contributed by atoms with Crippen molar-refractivity contribution in [1.29, 1.82) is 0 Å². The van der Waals surface area contributed by atoms with Crippen LogP contribution < -0.4 is 10.1 Å². The topological polar surface area (TPSA) is 75.6 Å². The van der Waals surface area contributed by atoms with Crippen molar-refractivity contribution in [2.75, 3.05) is 6.61 Å². The molecule has 0 bridgehead atoms. The Balaban J connectivity index is 2.20. The number of carbonyl (C=O) groups excluding carboxylic acids is 1. The van der Waals surface area contributed by atoms with Gasteiger partial charge in [-0.3, -0.25) is 9.59 Å². The molecular formula is C16H21NO4. The van der Waals surface area contributed by atoms with Crippen molar-refractivity contribution in [2.45, 2.75) is 39.7 Å². The Labute approximate surface area is 124 Å². The summed E-state index contributed by atoms with van der Waals surface area (Å²) in [5, 5.41) is 12.1. The molecule has 1 amide bonds. The second-order valence-corrected chi connectivity index (χ2v) is 6.43. The average molecular weight is 291 g/mol. The van der Waals surface area contributed by atoms with E-state index >= 15 is 0 Å². The fraction of sp³-hybridized carbons (Fsp3) is 0.500. The second-order valence-electron chi connectivity index (χ2n) is 6.43. The molecule has 0 saturated heterocycles. The molecule has 0 radical (unpaired) electrons. The number of carboxylic acid groups (broad SMARTS) is 1. The van der Waals surface area contributed by atoms with Crippen molar-refractivity contribution in [2.24, 2.45) is 5.41 Å². The van der Waals surface area contributed by atoms with E-state index in [4.69, 9.17) is 4.74 Å². The largest absolute Gasteiger partial charge is 0.493 e. The average Bonchev–Trinajstić information content (AvgIpc) is 2.84. The van der Waals surface area contributed by atoms with Gasteiger partial charge in [0.05, 0.1) is 17.6 Å². The lowest BCUT2D eigenvalue weighted by molar-refractivity contribution is -0.150. The number of rotatable bonds is 4. The third kappa shape index (κ3) is 2.73. The van der Waals surface area contributed by atoms with Gasteiger partial charge in [-0.2, -0.15) is 0 Å². The zero-order chi connectivity index (χ0) is 15.8. The van der Waals surface area contributed by atoms with Gasteiger partial charge in [-0.25, -0.2) is 0 Å². The van der Waals surface area contributed by atoms with Crippen LogP contribution in [0.1, 0.15) is 43.6 Å². The molecule has 0 fully saturated rings. The van der Waals surface area contributed by atoms with Crippen molar-refractivity contribution in [3.63, 3.8) is 0 Å². The van der Waals surface area contributed by atoms with E-state index in [-0.39, 0.29) is 5.91 Å². The third-order valence-corrected chi connectivity index (χ3v) is 4.47. The van der Waals surface area contributed by atoms with Gasteiger partial charge in [0.1, 0.15) is 5.75 Å². The van der Waals surface area contributed by atoms with E-state index in [9.17, 15) is 14.7 Å². The van der Waals surface area contributed by atoms with Crippen molar-refractivity contribution in [3.05, 3.63) is 29.3 Å². The van der Waals surface area contributed by atoms with E-state index in [0.29, 0.717) is 12.2 Å². The number of amides is 1. The molecule has 114 valence electrons. The summed E-state index contributed by atoms with van der Waals surface area (Å²) in [4.78, 5) is 23.8. The highest BCUT2D eigenvalue weighted by Gasteiger charge is 2.44. The molecular weight excluding hydrogens is 270 g/mol. The Morgan fingerprint density at radius 1 is 1.24 bits per heavy atom. The van der Waals surface area contributed by atoms with Crippen LogP contribution in [0, 0.1) is 5.41 Å². The van der Waals surface area contributed by atoms with Gasteiger partial charge in [0.15, 0.2) is 0 Å². The minimum atomic E-state index is -1.08. The molecule has 1 heterocycles. The molecule has 1 aliphatic heterocycles. The minimum absolute atomic E-state index is 0.274. The van der Waals surface area contributed by atoms with E-state index in [1.165, 1.54) is 0 Å². The molecule has 0 saturated carbocycles. The maximum absolute atomic E-state index is 12.4. The highest BCUT2D eigenvalue weighted by atomic mass is 16.5. The smallest absolute Gasteiger partial charge is 0.311 e. The lowest BCUT2D eigenvalue weighted by Gasteiger charge is -2.38. The number of hydrogen-bond acceptors (Lipinski definition) is 3. The lowest BCUT2D eigenvalue weighted by atomic mass is 9.74. The van der Waals surface area contributed by atoms with Crippen molar-refractivity contribution >= 4 is 11.9 Å². The predicted molar refractivity (Wildman–Crippen MR) is 78.6 cm³/mol. The van der Waals surface area contributed by atoms with Crippen LogP contribution in [-0.4, -0.2) is 29.1 Å². The summed E-state index contributed by atoms with van der Waals surface area (Å²) in [6, 6.07) is 5.29. The summed E-state index contributed by atoms with van der Waals surface area (Å²) in [5.74, 6) is -0.407. The monoisotopic (exact) mass is 291 g/mol. The fourth-order valence-electron chi connectivity index (χ4n) is 2.11. The van der Waals surface area contributed by atoms with Crippen LogP contribution in [0.5, 0.6) is 5.75 Å². The summed E-state index contributed by atoms with van der Waals surface area (Å²) in [6.07, 6.45) is 0.792. The Morgan fingerprint density at radius 2 is 1.90 bits per heavy atom. The Morgan fingerprint density at radius 3 is 2.52 bits per heavy atom. The lowest BCUT2D eigenvalue weighted by Crippen LogP contribution is -2.56. The van der Waals surface area contributed by atoms with Gasteiger partial charge < -0.3 is 15.2 Å². The van der Waals surface area contributed by atoms with Crippen LogP contribution in [0.4, 0.5) is 0 Å². The second kappa shape index (κ2) is 5.06. The third-order valence-electron chi connectivity index (χ3n) is 4.47. The Kier molecular flexibility index (Phi) is 3.70. The van der Waals surface area contributed by atoms with E-state index in [2.05, 4.69) is 5.32 Å². The molecule has 2 N–H and O–H groups in total. The van der Waals surface area contributed by atoms with Crippen LogP contribution in [-0.2, 0) is 11.2 Å². The fourth-order valence-corrected chi connectivity index (χ4v) is 2.11. The maximum atomic E-state index is 12.4. The van der Waals surface area contributed by atoms with Crippen LogP contribution in [0.3, 0.4) is 0 Å². The van der Waals surface area contributed by atoms with Crippen LogP contribution in [0.25, 0.3) is 0 Å². The van der Waals surface area contributed by atoms with E-state index in [0.717, 1.165) is 17.7 Å². The highest BCUT2D eigenvalue weighted by molar-refractivity contribution is 5.95. The predicted octanol–water partition coefficient (Wildman–Crippen LogP) is 2.24. The van der Waals surface area contributed by atoms with E-state index in [1.807, 2.05) is 6.07 Å². The molecule has 5 nitrogen and oxygen atoms in total. The molecule has 1 aliphatic rings. The molecule has 2 rings (SSSR count). The van der Waals surface area contributed by atoms with Gasteiger partial charge in [0.25, 0.3) is 5.91 Å². The first-order valence-electron chi connectivity index (χ1n) is 6.97. The normalized spacial score (nSPS) is 14.3. The molecule has 21 heavy (non-hydrogen) atoms. The number of hydrogen-bond donors (Lipinski definition) is 2. The minimum Gasteiger partial charge on any atom is -0.493 e. The molecule has 0 aromatic heterocycles. The summed E-state index contributed by atoms with van der Waals surface area (Å²) in [7, 11) is 0. The molecule has 1 aromatic carbocycles. The zero-order valence-corrected chi connectivity index (χ0v) is 12.8. The summed E-state index contributed by atoms with van der Waals surface area (Å²) in [5.41, 5.74) is -0.431. The molecule has 0 unspecified atom stereocenters. The number of carbonyl (C=O) groups is 2. The van der Waals surface area contributed by atoms with Gasteiger partial charge in [-0.1, -0.05) is 0 Å². The number of ether oxygens (including phenoxy) is 1. The first-order valence-corrected chi connectivity index (χ1v) is 6.97. The Bertz CT molecular complexity index is 590. The number of benzene rings is 1. The van der Waals surface area contributed by atoms with Crippen LogP contribution >= 0.6 is 0 Å². The van der Waals surface area contributed by atoms with Crippen molar-refractivity contribution in [1.82, 2.24) is 5.32 Å². The van der Waals surface area contributed by atoms with Crippen molar-refractivity contribution < 1.29 is 19.4 Å². The summed E-state index contributed by atoms with van der Waals surface area (Å²) in [6.45, 7) is 7.28. The van der Waals surface area contributed by atoms with E-state index < -0.39 is 16.9 Å². The highest BCUT2D eigenvalue weighted by Crippen LogP contribution is 2.31. The number of carboxylic acids is 1. The molecule has 5 heteroatoms. The number of fused-ring (bicyclic) bond motifs is 1. The van der Waals surface area contributed by atoms with Crippen LogP contribution in [0.2, 0.25) is 0 Å². The first kappa shape index (κ1) is 15.4. The number of aliphatic carboxylic acids is 1. The van der Waals surface area contributed by atoms with Gasteiger partial charge in [-0.05, 0) is 51.5 Å². The standard InChI is InChI=1S/C16H21NO4/c1-15(2,14(19)20)16(3,4)17-13(18)11-5-6-12-10(9-11)7-8-21-12/h5-6,9H,7-8H2,1-4H3,(H,17,18)(H,19,20). The van der Waals surface area contributed by atoms with Crippen LogP contribution in [0.15, 0.2) is 18.2 Å². The SMILES string of the molecule is CC(C)(NC(=O)c1ccc2c(c1)CCO2)C(C)(C)C(=O)O. The molecule has 0 atom stereocenters. The zero-order valence-electron chi connectivity index (χ0n) is 12.8. The maximum Gasteiger partial charge on any atom is 0.311 e. The van der Waals surface area contributed by atoms with Gasteiger partial charge in [-0.15, -0.1) is 0 Å². The van der Waals surface area contributed by atoms with Gasteiger partial charge >= 0.3 is 5.97 Å². The summed E-state index contributed by atoms with van der Waals surface area (Å²) >= 11 is 0. The van der Waals surface area contributed by atoms with Gasteiger partial charge in [0, 0.05) is 12.0 Å². The van der Waals surface area contributed by atoms with Crippen molar-refractivity contribution in [3.8, 4) is 5.75 Å². The molecule has 1 aromatic rings. The molecule has 0 spiro atoms. The molecule has 0 aliphatic carbocycles. The first-order chi connectivity index (χ1) is 9.65. The van der Waals surface area contributed by atoms with E-state index in [1.54, 1.807) is 39.8 Å². The number of nitrogens with one attached hydrogen (secondary N) is 1. The van der Waals surface area contributed by atoms with Gasteiger partial charge in [0.2, 0.25) is 0 Å². The summed E-state index contributed by atoms with van der Waals surface area (Å²) < 4.78 is 5.41. The Hall–Kier alpha value is -2.04. The quantitative estimate of drug-likeness (QED) is 0.892.